The summed E-state index contributed by atoms with van der Waals surface area (Å²) in [6.45, 7) is 5.21. The summed E-state index contributed by atoms with van der Waals surface area (Å²) in [7, 11) is 0. The van der Waals surface area contributed by atoms with Crippen LogP contribution in [0.4, 0.5) is 14.9 Å². The molecule has 0 radical (unpaired) electrons. The van der Waals surface area contributed by atoms with Gasteiger partial charge in [-0.1, -0.05) is 22.9 Å². The number of urea groups is 1. The van der Waals surface area contributed by atoms with Crippen molar-refractivity contribution in [2.45, 2.75) is 32.6 Å². The molecule has 1 saturated heterocycles. The molecule has 0 spiro atoms. The van der Waals surface area contributed by atoms with Crippen molar-refractivity contribution in [3.63, 3.8) is 0 Å². The number of aryl methyl sites for hydroxylation is 2. The van der Waals surface area contributed by atoms with Crippen molar-refractivity contribution in [1.29, 1.82) is 0 Å². The standard InChI is InChI=1S/C22H23FN4O2/c1-14-5-10-19(15(2)12-14)24-22(28)27-11-3-4-17(13-27)21-25-20(26-29-21)16-6-8-18(23)9-7-16/h5-10,12,17H,3-4,11,13H2,1-2H3,(H,24,28). The molecule has 1 aromatic heterocycles. The zero-order chi connectivity index (χ0) is 20.4. The smallest absolute Gasteiger partial charge is 0.321 e. The first-order chi connectivity index (χ1) is 14.0. The zero-order valence-corrected chi connectivity index (χ0v) is 16.5. The second-order valence-corrected chi connectivity index (χ2v) is 7.50. The molecule has 0 aliphatic carbocycles. The molecule has 0 bridgehead atoms. The van der Waals surface area contributed by atoms with E-state index in [9.17, 15) is 9.18 Å². The zero-order valence-electron chi connectivity index (χ0n) is 16.5. The molecule has 7 heteroatoms. The van der Waals surface area contributed by atoms with Gasteiger partial charge in [0.25, 0.3) is 0 Å². The van der Waals surface area contributed by atoms with Crippen LogP contribution in [0.2, 0.25) is 0 Å². The maximum absolute atomic E-state index is 13.1. The highest BCUT2D eigenvalue weighted by molar-refractivity contribution is 5.90. The molecule has 150 valence electrons. The number of nitrogens with one attached hydrogen (secondary N) is 1. The molecule has 1 atom stereocenters. The first-order valence-electron chi connectivity index (χ1n) is 9.72. The van der Waals surface area contributed by atoms with Gasteiger partial charge in [-0.15, -0.1) is 0 Å². The van der Waals surface area contributed by atoms with Gasteiger partial charge in [-0.2, -0.15) is 4.98 Å². The third-order valence-electron chi connectivity index (χ3n) is 5.23. The highest BCUT2D eigenvalue weighted by Crippen LogP contribution is 2.28. The predicted molar refractivity (Wildman–Crippen MR) is 108 cm³/mol. The summed E-state index contributed by atoms with van der Waals surface area (Å²) in [6.07, 6.45) is 1.73. The second-order valence-electron chi connectivity index (χ2n) is 7.50. The van der Waals surface area contributed by atoms with Crippen molar-refractivity contribution in [1.82, 2.24) is 15.0 Å². The van der Waals surface area contributed by atoms with Gasteiger partial charge in [-0.05, 0) is 62.6 Å². The molecular formula is C22H23FN4O2. The van der Waals surface area contributed by atoms with E-state index in [-0.39, 0.29) is 17.8 Å². The van der Waals surface area contributed by atoms with E-state index in [1.165, 1.54) is 12.1 Å². The molecule has 4 rings (SSSR count). The third-order valence-corrected chi connectivity index (χ3v) is 5.23. The van der Waals surface area contributed by atoms with Crippen LogP contribution >= 0.6 is 0 Å². The lowest BCUT2D eigenvalue weighted by Gasteiger charge is -2.31. The van der Waals surface area contributed by atoms with Gasteiger partial charge >= 0.3 is 6.03 Å². The lowest BCUT2D eigenvalue weighted by molar-refractivity contribution is 0.184. The highest BCUT2D eigenvalue weighted by atomic mass is 19.1. The summed E-state index contributed by atoms with van der Waals surface area (Å²) < 4.78 is 18.6. The van der Waals surface area contributed by atoms with Crippen LogP contribution in [0.25, 0.3) is 11.4 Å². The van der Waals surface area contributed by atoms with Crippen LogP contribution in [-0.2, 0) is 0 Å². The molecule has 1 N–H and O–H groups in total. The van der Waals surface area contributed by atoms with Gasteiger partial charge in [0.1, 0.15) is 5.82 Å². The van der Waals surface area contributed by atoms with E-state index in [0.29, 0.717) is 30.4 Å². The van der Waals surface area contributed by atoms with Crippen LogP contribution in [0.1, 0.15) is 35.8 Å². The number of rotatable bonds is 3. The Morgan fingerprint density at radius 3 is 2.76 bits per heavy atom. The fourth-order valence-corrected chi connectivity index (χ4v) is 3.63. The minimum Gasteiger partial charge on any atom is -0.339 e. The monoisotopic (exact) mass is 394 g/mol. The number of piperidine rings is 1. The van der Waals surface area contributed by atoms with E-state index in [1.807, 2.05) is 32.0 Å². The van der Waals surface area contributed by atoms with Crippen molar-refractivity contribution in [3.05, 3.63) is 65.3 Å². The predicted octanol–water partition coefficient (Wildman–Crippen LogP) is 4.90. The lowest BCUT2D eigenvalue weighted by Crippen LogP contribution is -2.41. The maximum atomic E-state index is 13.1. The third kappa shape index (κ3) is 4.29. The first-order valence-corrected chi connectivity index (χ1v) is 9.72. The minimum atomic E-state index is -0.310. The summed E-state index contributed by atoms with van der Waals surface area (Å²) in [5.74, 6) is 0.607. The molecule has 6 nitrogen and oxygen atoms in total. The average Bonchev–Trinajstić information content (AvgIpc) is 3.21. The molecule has 2 heterocycles. The van der Waals surface area contributed by atoms with Crippen LogP contribution in [0.15, 0.2) is 47.0 Å². The number of carbonyl (C=O) groups excluding carboxylic acids is 1. The van der Waals surface area contributed by atoms with E-state index < -0.39 is 0 Å². The summed E-state index contributed by atoms with van der Waals surface area (Å²) in [4.78, 5) is 19.0. The van der Waals surface area contributed by atoms with Crippen LogP contribution in [-0.4, -0.2) is 34.2 Å². The van der Waals surface area contributed by atoms with E-state index in [2.05, 4.69) is 15.5 Å². The number of halogens is 1. The van der Waals surface area contributed by atoms with Crippen molar-refractivity contribution < 1.29 is 13.7 Å². The minimum absolute atomic E-state index is 0.0182. The largest absolute Gasteiger partial charge is 0.339 e. The molecule has 2 amide bonds. The molecular weight excluding hydrogens is 371 g/mol. The van der Waals surface area contributed by atoms with Crippen LogP contribution < -0.4 is 5.32 Å². The van der Waals surface area contributed by atoms with Gasteiger partial charge in [0, 0.05) is 24.3 Å². The molecule has 1 aliphatic heterocycles. The number of hydrogen-bond donors (Lipinski definition) is 1. The van der Waals surface area contributed by atoms with E-state index in [4.69, 9.17) is 4.52 Å². The molecule has 1 aliphatic rings. The van der Waals surface area contributed by atoms with Gasteiger partial charge in [-0.3, -0.25) is 0 Å². The lowest BCUT2D eigenvalue weighted by atomic mass is 9.98. The summed E-state index contributed by atoms with van der Waals surface area (Å²) >= 11 is 0. The molecule has 1 fully saturated rings. The Morgan fingerprint density at radius 1 is 1.21 bits per heavy atom. The van der Waals surface area contributed by atoms with Crippen molar-refractivity contribution in [3.8, 4) is 11.4 Å². The van der Waals surface area contributed by atoms with Crippen molar-refractivity contribution >= 4 is 11.7 Å². The normalized spacial score (nSPS) is 16.7. The Balaban J connectivity index is 1.44. The molecule has 2 aromatic carbocycles. The van der Waals surface area contributed by atoms with Crippen LogP contribution in [0.5, 0.6) is 0 Å². The number of likely N-dealkylation sites (tertiary alicyclic amines) is 1. The number of benzene rings is 2. The fraction of sp³-hybridized carbons (Fsp3) is 0.318. The summed E-state index contributed by atoms with van der Waals surface area (Å²) in [5.41, 5.74) is 3.71. The summed E-state index contributed by atoms with van der Waals surface area (Å²) in [5, 5.41) is 7.02. The van der Waals surface area contributed by atoms with Crippen LogP contribution in [0, 0.1) is 19.7 Å². The maximum Gasteiger partial charge on any atom is 0.321 e. The van der Waals surface area contributed by atoms with Crippen molar-refractivity contribution in [2.24, 2.45) is 0 Å². The molecule has 29 heavy (non-hydrogen) atoms. The SMILES string of the molecule is Cc1ccc(NC(=O)N2CCCC(c3nc(-c4ccc(F)cc4)no3)C2)c(C)c1. The Hall–Kier alpha value is -3.22. The second kappa shape index (κ2) is 8.03. The van der Waals surface area contributed by atoms with E-state index in [0.717, 1.165) is 29.7 Å². The van der Waals surface area contributed by atoms with Gasteiger partial charge in [-0.25, -0.2) is 9.18 Å². The number of anilines is 1. The van der Waals surface area contributed by atoms with Gasteiger partial charge in [0.15, 0.2) is 0 Å². The molecule has 3 aromatic rings. The van der Waals surface area contributed by atoms with E-state index in [1.54, 1.807) is 17.0 Å². The number of hydrogen-bond acceptors (Lipinski definition) is 4. The number of carbonyl (C=O) groups is 1. The fourth-order valence-electron chi connectivity index (χ4n) is 3.63. The Morgan fingerprint density at radius 2 is 2.00 bits per heavy atom. The number of amides is 2. The van der Waals surface area contributed by atoms with Crippen molar-refractivity contribution in [2.75, 3.05) is 18.4 Å². The first kappa shape index (κ1) is 19.1. The molecule has 0 saturated carbocycles. The number of aromatic nitrogens is 2. The Labute approximate surface area is 168 Å². The average molecular weight is 394 g/mol. The topological polar surface area (TPSA) is 71.3 Å². The Kier molecular flexibility index (Phi) is 5.29. The van der Waals surface area contributed by atoms with Gasteiger partial charge < -0.3 is 14.7 Å². The quantitative estimate of drug-likeness (QED) is 0.686. The molecule has 1 unspecified atom stereocenters. The van der Waals surface area contributed by atoms with Gasteiger partial charge in [0.05, 0.1) is 5.92 Å². The van der Waals surface area contributed by atoms with Crippen LogP contribution in [0.3, 0.4) is 0 Å². The van der Waals surface area contributed by atoms with E-state index >= 15 is 0 Å². The highest BCUT2D eigenvalue weighted by Gasteiger charge is 2.29. The number of nitrogens with zero attached hydrogens (tertiary/aromatic N) is 3. The van der Waals surface area contributed by atoms with Gasteiger partial charge in [0.2, 0.25) is 11.7 Å². The summed E-state index contributed by atoms with van der Waals surface area (Å²) in [6, 6.07) is 11.8. The Bertz CT molecular complexity index is 1020.